The second-order valence-corrected chi connectivity index (χ2v) is 5.09. The van der Waals surface area contributed by atoms with Crippen LogP contribution in [0.15, 0.2) is 23.4 Å². The summed E-state index contributed by atoms with van der Waals surface area (Å²) in [5.41, 5.74) is 0.134. The first-order chi connectivity index (χ1) is 9.08. The van der Waals surface area contributed by atoms with Crippen LogP contribution in [0.2, 0.25) is 0 Å². The number of hydrogen-bond donors (Lipinski definition) is 1. The molecular weight excluding hydrogens is 268 g/mol. The van der Waals surface area contributed by atoms with Crippen molar-refractivity contribution in [1.29, 1.82) is 0 Å². The Morgan fingerprint density at radius 2 is 2.00 bits per heavy atom. The van der Waals surface area contributed by atoms with Gasteiger partial charge < -0.3 is 5.11 Å². The number of carbonyl (C=O) groups is 3. The zero-order valence-electron chi connectivity index (χ0n) is 10.0. The van der Waals surface area contributed by atoms with E-state index in [-0.39, 0.29) is 17.4 Å². The van der Waals surface area contributed by atoms with Gasteiger partial charge in [0.15, 0.2) is 0 Å². The Morgan fingerprint density at radius 1 is 1.32 bits per heavy atom. The number of carboxylic acid groups (broad SMARTS) is 1. The number of aromatic carboxylic acids is 1. The van der Waals surface area contributed by atoms with E-state index < -0.39 is 5.97 Å². The van der Waals surface area contributed by atoms with Crippen LogP contribution in [0.3, 0.4) is 0 Å². The second kappa shape index (κ2) is 5.83. The Balaban J connectivity index is 1.84. The van der Waals surface area contributed by atoms with Gasteiger partial charge in [-0.25, -0.2) is 9.78 Å². The van der Waals surface area contributed by atoms with Gasteiger partial charge in [0.25, 0.3) is 0 Å². The van der Waals surface area contributed by atoms with E-state index in [1.807, 2.05) is 0 Å². The number of carboxylic acids is 1. The smallest absolute Gasteiger partial charge is 0.337 e. The minimum absolute atomic E-state index is 0.125. The van der Waals surface area contributed by atoms with Crippen molar-refractivity contribution in [3.8, 4) is 0 Å². The highest BCUT2D eigenvalue weighted by Gasteiger charge is 2.28. The number of amides is 2. The van der Waals surface area contributed by atoms with Gasteiger partial charge in [0.2, 0.25) is 11.8 Å². The lowest BCUT2D eigenvalue weighted by atomic mass is 10.3. The topological polar surface area (TPSA) is 87.6 Å². The number of nitrogens with zero attached hydrogens (tertiary/aromatic N) is 2. The zero-order valence-corrected chi connectivity index (χ0v) is 10.9. The van der Waals surface area contributed by atoms with Crippen molar-refractivity contribution in [2.45, 2.75) is 17.9 Å². The molecule has 2 rings (SSSR count). The van der Waals surface area contributed by atoms with Crippen molar-refractivity contribution >= 4 is 29.5 Å². The van der Waals surface area contributed by atoms with Crippen molar-refractivity contribution in [1.82, 2.24) is 9.88 Å². The molecule has 0 atom stereocenters. The summed E-state index contributed by atoms with van der Waals surface area (Å²) < 4.78 is 0. The molecule has 6 nitrogen and oxygen atoms in total. The normalized spacial score (nSPS) is 15.1. The van der Waals surface area contributed by atoms with E-state index in [0.29, 0.717) is 30.2 Å². The maximum atomic E-state index is 11.4. The van der Waals surface area contributed by atoms with Crippen molar-refractivity contribution in [3.63, 3.8) is 0 Å². The molecule has 1 aliphatic heterocycles. The third kappa shape index (κ3) is 3.31. The number of likely N-dealkylation sites (tertiary alicyclic amines) is 1. The molecule has 0 bridgehead atoms. The summed E-state index contributed by atoms with van der Waals surface area (Å²) in [6.45, 7) is 0.366. The molecule has 100 valence electrons. The van der Waals surface area contributed by atoms with Crippen LogP contribution in [0, 0.1) is 0 Å². The van der Waals surface area contributed by atoms with Crippen LogP contribution in [0.1, 0.15) is 23.2 Å². The van der Waals surface area contributed by atoms with E-state index >= 15 is 0 Å². The Hall–Kier alpha value is -1.89. The highest BCUT2D eigenvalue weighted by Crippen LogP contribution is 2.18. The molecule has 0 radical (unpaired) electrons. The maximum absolute atomic E-state index is 11.4. The fourth-order valence-corrected chi connectivity index (χ4v) is 2.48. The maximum Gasteiger partial charge on any atom is 0.337 e. The Kier molecular flexibility index (Phi) is 4.16. The summed E-state index contributed by atoms with van der Waals surface area (Å²) in [6, 6.07) is 3.09. The van der Waals surface area contributed by atoms with Gasteiger partial charge in [-0.15, -0.1) is 11.8 Å². The molecule has 0 saturated carbocycles. The number of thioether (sulfide) groups is 1. The van der Waals surface area contributed by atoms with Gasteiger partial charge in [0, 0.05) is 31.3 Å². The van der Waals surface area contributed by atoms with E-state index in [0.717, 1.165) is 0 Å². The van der Waals surface area contributed by atoms with Crippen LogP contribution in [0.5, 0.6) is 0 Å². The molecule has 2 heterocycles. The monoisotopic (exact) mass is 280 g/mol. The number of carbonyl (C=O) groups excluding carboxylic acids is 2. The average molecular weight is 280 g/mol. The summed E-state index contributed by atoms with van der Waals surface area (Å²) in [5, 5.41) is 9.40. The van der Waals surface area contributed by atoms with Gasteiger partial charge in [-0.05, 0) is 12.1 Å². The number of pyridine rings is 1. The van der Waals surface area contributed by atoms with Crippen LogP contribution in [-0.4, -0.2) is 45.1 Å². The lowest BCUT2D eigenvalue weighted by Crippen LogP contribution is -2.31. The third-order valence-corrected chi connectivity index (χ3v) is 3.63. The molecule has 1 N–H and O–H groups in total. The Bertz CT molecular complexity index is 499. The van der Waals surface area contributed by atoms with Crippen molar-refractivity contribution in [2.24, 2.45) is 0 Å². The zero-order chi connectivity index (χ0) is 13.8. The van der Waals surface area contributed by atoms with E-state index in [2.05, 4.69) is 4.98 Å². The minimum atomic E-state index is -1.02. The minimum Gasteiger partial charge on any atom is -0.478 e. The van der Waals surface area contributed by atoms with Crippen LogP contribution in [-0.2, 0) is 9.59 Å². The second-order valence-electron chi connectivity index (χ2n) is 3.98. The third-order valence-electron chi connectivity index (χ3n) is 2.70. The summed E-state index contributed by atoms with van der Waals surface area (Å²) in [7, 11) is 0. The van der Waals surface area contributed by atoms with E-state index in [1.54, 1.807) is 6.07 Å². The van der Waals surface area contributed by atoms with Crippen molar-refractivity contribution in [3.05, 3.63) is 23.9 Å². The average Bonchev–Trinajstić information content (AvgIpc) is 2.71. The molecule has 0 aromatic carbocycles. The van der Waals surface area contributed by atoms with Gasteiger partial charge >= 0.3 is 5.97 Å². The fraction of sp³-hybridized carbons (Fsp3) is 0.333. The predicted molar refractivity (Wildman–Crippen MR) is 67.9 cm³/mol. The summed E-state index contributed by atoms with van der Waals surface area (Å²) >= 11 is 1.38. The quantitative estimate of drug-likeness (QED) is 0.640. The molecular formula is C12H12N2O4S. The first kappa shape index (κ1) is 13.5. The molecule has 1 aromatic heterocycles. The standard InChI is InChI=1S/C12H12N2O4S/c15-10-3-4-11(16)14(10)5-6-19-9-2-1-8(7-13-9)12(17)18/h1-2,7H,3-6H2,(H,17,18). The SMILES string of the molecule is O=C(O)c1ccc(SCCN2C(=O)CCC2=O)nc1. The van der Waals surface area contributed by atoms with Gasteiger partial charge in [-0.3, -0.25) is 14.5 Å². The highest BCUT2D eigenvalue weighted by molar-refractivity contribution is 7.99. The van der Waals surface area contributed by atoms with Crippen LogP contribution in [0.25, 0.3) is 0 Å². The number of imide groups is 1. The van der Waals surface area contributed by atoms with Gasteiger partial charge in [0.1, 0.15) is 0 Å². The van der Waals surface area contributed by atoms with E-state index in [9.17, 15) is 14.4 Å². The first-order valence-electron chi connectivity index (χ1n) is 5.73. The molecule has 1 aliphatic rings. The van der Waals surface area contributed by atoms with Crippen molar-refractivity contribution < 1.29 is 19.5 Å². The lowest BCUT2D eigenvalue weighted by Gasteiger charge is -2.12. The van der Waals surface area contributed by atoms with Gasteiger partial charge in [-0.1, -0.05) is 0 Å². The first-order valence-corrected chi connectivity index (χ1v) is 6.72. The van der Waals surface area contributed by atoms with Crippen LogP contribution in [0.4, 0.5) is 0 Å². The van der Waals surface area contributed by atoms with E-state index in [1.165, 1.54) is 28.9 Å². The summed E-state index contributed by atoms with van der Waals surface area (Å²) in [6.07, 6.45) is 1.89. The van der Waals surface area contributed by atoms with Crippen LogP contribution < -0.4 is 0 Å². The lowest BCUT2D eigenvalue weighted by molar-refractivity contribution is -0.137. The molecule has 0 spiro atoms. The molecule has 7 heteroatoms. The predicted octanol–water partition coefficient (Wildman–Crippen LogP) is 1.02. The number of aromatic nitrogens is 1. The fourth-order valence-electron chi connectivity index (χ4n) is 1.71. The summed E-state index contributed by atoms with van der Waals surface area (Å²) in [5.74, 6) is -0.714. The molecule has 19 heavy (non-hydrogen) atoms. The van der Waals surface area contributed by atoms with Gasteiger partial charge in [-0.2, -0.15) is 0 Å². The molecule has 1 fully saturated rings. The molecule has 2 amide bonds. The number of rotatable bonds is 5. The molecule has 0 unspecified atom stereocenters. The highest BCUT2D eigenvalue weighted by atomic mass is 32.2. The molecule has 1 saturated heterocycles. The van der Waals surface area contributed by atoms with E-state index in [4.69, 9.17) is 5.11 Å². The number of hydrogen-bond acceptors (Lipinski definition) is 5. The summed E-state index contributed by atoms with van der Waals surface area (Å²) in [4.78, 5) is 38.6. The Morgan fingerprint density at radius 3 is 2.53 bits per heavy atom. The van der Waals surface area contributed by atoms with Crippen molar-refractivity contribution in [2.75, 3.05) is 12.3 Å². The van der Waals surface area contributed by atoms with Gasteiger partial charge in [0.05, 0.1) is 10.6 Å². The van der Waals surface area contributed by atoms with Crippen LogP contribution >= 0.6 is 11.8 Å². The molecule has 1 aromatic rings. The largest absolute Gasteiger partial charge is 0.478 e. The Labute approximate surface area is 113 Å². The molecule has 0 aliphatic carbocycles.